The number of amides is 4. The number of nitrogens with zero attached hydrogens (tertiary/aromatic N) is 2. The molecule has 0 aliphatic carbocycles. The lowest BCUT2D eigenvalue weighted by molar-refractivity contribution is -0.136. The Morgan fingerprint density at radius 2 is 1.57 bits per heavy atom. The molecule has 5 rings (SSSR count). The van der Waals surface area contributed by atoms with Crippen molar-refractivity contribution in [2.75, 3.05) is 18.0 Å². The Bertz CT molecular complexity index is 1380. The molecule has 2 aromatic carbocycles. The van der Waals surface area contributed by atoms with Gasteiger partial charge < -0.3 is 4.90 Å². The van der Waals surface area contributed by atoms with Gasteiger partial charge in [0.1, 0.15) is 6.04 Å². The molecule has 4 amide bonds. The second-order valence-electron chi connectivity index (χ2n) is 9.77. The van der Waals surface area contributed by atoms with Crippen LogP contribution in [-0.2, 0) is 26.1 Å². The van der Waals surface area contributed by atoms with Crippen molar-refractivity contribution in [1.82, 2.24) is 10.2 Å². The van der Waals surface area contributed by atoms with Gasteiger partial charge in [-0.1, -0.05) is 12.1 Å². The number of carbonyl (C=O) groups excluding carboxylic acids is 4. The second-order valence-corrected chi connectivity index (χ2v) is 11.2. The predicted octanol–water partition coefficient (Wildman–Crippen LogP) is 2.18. The van der Waals surface area contributed by atoms with Gasteiger partial charge in [0.15, 0.2) is 0 Å². The van der Waals surface area contributed by atoms with Crippen LogP contribution in [0.15, 0.2) is 47.4 Å². The molecular formula is C26H27N3O7S. The van der Waals surface area contributed by atoms with Gasteiger partial charge in [0.05, 0.1) is 16.0 Å². The maximum Gasteiger partial charge on any atom is 0.294 e. The molecule has 0 bridgehead atoms. The topological polar surface area (TPSA) is 141 Å². The van der Waals surface area contributed by atoms with E-state index in [0.717, 1.165) is 54.9 Å². The lowest BCUT2D eigenvalue weighted by atomic mass is 9.90. The Kier molecular flexibility index (Phi) is 6.59. The van der Waals surface area contributed by atoms with Crippen molar-refractivity contribution in [3.05, 3.63) is 59.2 Å². The van der Waals surface area contributed by atoms with Gasteiger partial charge in [0, 0.05) is 25.2 Å². The molecular weight excluding hydrogens is 498 g/mol. The number of anilines is 1. The number of hydrogen-bond acceptors (Lipinski definition) is 7. The predicted molar refractivity (Wildman–Crippen MR) is 133 cm³/mol. The Hall–Kier alpha value is -3.57. The summed E-state index contributed by atoms with van der Waals surface area (Å²) >= 11 is 0. The molecule has 2 aromatic rings. The van der Waals surface area contributed by atoms with Crippen LogP contribution in [-0.4, -0.2) is 60.6 Å². The molecule has 1 unspecified atom stereocenters. The van der Waals surface area contributed by atoms with Gasteiger partial charge in [-0.05, 0) is 73.9 Å². The molecule has 3 heterocycles. The number of aryl methyl sites for hydroxylation is 1. The van der Waals surface area contributed by atoms with E-state index < -0.39 is 39.8 Å². The zero-order chi connectivity index (χ0) is 26.3. The molecule has 2 fully saturated rings. The summed E-state index contributed by atoms with van der Waals surface area (Å²) in [6.07, 6.45) is 3.88. The number of rotatable bonds is 6. The van der Waals surface area contributed by atoms with Crippen molar-refractivity contribution in [1.29, 1.82) is 0 Å². The third-order valence-corrected chi connectivity index (χ3v) is 8.33. The zero-order valence-corrected chi connectivity index (χ0v) is 20.9. The van der Waals surface area contributed by atoms with E-state index in [1.165, 1.54) is 12.1 Å². The van der Waals surface area contributed by atoms with Crippen molar-refractivity contribution in [2.24, 2.45) is 5.92 Å². The second kappa shape index (κ2) is 9.71. The maximum absolute atomic E-state index is 13.1. The molecule has 0 spiro atoms. The minimum atomic E-state index is -4.19. The highest BCUT2D eigenvalue weighted by Crippen LogP contribution is 2.32. The fourth-order valence-corrected chi connectivity index (χ4v) is 5.81. The first-order valence-corrected chi connectivity index (χ1v) is 13.7. The standard InChI is InChI=1S/C26H27N3O7S/c30-23-10-9-22(24(31)27-23)29-25(32)20-8-5-18(15-21(20)26(29)33)28-13-11-17(12-14-28)2-1-16-3-6-19(7-4-16)37(34,35)36/h3-8,15,17,22H,1-2,9-14H2,(H,27,30,31)(H,34,35,36). The zero-order valence-electron chi connectivity index (χ0n) is 20.1. The summed E-state index contributed by atoms with van der Waals surface area (Å²) in [5.74, 6) is -1.55. The summed E-state index contributed by atoms with van der Waals surface area (Å²) < 4.78 is 31.5. The van der Waals surface area contributed by atoms with E-state index in [0.29, 0.717) is 5.92 Å². The Morgan fingerprint density at radius 1 is 0.892 bits per heavy atom. The van der Waals surface area contributed by atoms with Crippen LogP contribution in [0.5, 0.6) is 0 Å². The first kappa shape index (κ1) is 25.1. The number of fused-ring (bicyclic) bond motifs is 1. The number of carbonyl (C=O) groups is 4. The first-order chi connectivity index (χ1) is 17.6. The van der Waals surface area contributed by atoms with Crippen molar-refractivity contribution < 1.29 is 32.1 Å². The maximum atomic E-state index is 13.1. The van der Waals surface area contributed by atoms with Gasteiger partial charge in [-0.15, -0.1) is 0 Å². The normalized spacial score (nSPS) is 20.8. The Balaban J connectivity index is 1.19. The van der Waals surface area contributed by atoms with Crippen LogP contribution < -0.4 is 10.2 Å². The summed E-state index contributed by atoms with van der Waals surface area (Å²) in [4.78, 5) is 52.8. The lowest BCUT2D eigenvalue weighted by Crippen LogP contribution is -2.54. The van der Waals surface area contributed by atoms with Gasteiger partial charge >= 0.3 is 0 Å². The van der Waals surface area contributed by atoms with Crippen LogP contribution in [0.2, 0.25) is 0 Å². The van der Waals surface area contributed by atoms with E-state index in [9.17, 15) is 27.6 Å². The number of imide groups is 2. The van der Waals surface area contributed by atoms with Crippen molar-refractivity contribution in [2.45, 2.75) is 49.5 Å². The monoisotopic (exact) mass is 525 g/mol. The molecule has 1 atom stereocenters. The molecule has 0 saturated carbocycles. The third kappa shape index (κ3) is 5.01. The van der Waals surface area contributed by atoms with Gasteiger partial charge in [0.25, 0.3) is 21.9 Å². The summed E-state index contributed by atoms with van der Waals surface area (Å²) in [7, 11) is -4.19. The highest BCUT2D eigenvalue weighted by molar-refractivity contribution is 7.85. The first-order valence-electron chi connectivity index (χ1n) is 12.3. The van der Waals surface area contributed by atoms with Gasteiger partial charge in [-0.25, -0.2) is 0 Å². The van der Waals surface area contributed by atoms with E-state index in [4.69, 9.17) is 4.55 Å². The molecule has 0 aromatic heterocycles. The van der Waals surface area contributed by atoms with Crippen LogP contribution in [0.1, 0.15) is 58.4 Å². The van der Waals surface area contributed by atoms with E-state index in [1.54, 1.807) is 24.3 Å². The molecule has 10 nitrogen and oxygen atoms in total. The highest BCUT2D eigenvalue weighted by atomic mass is 32.2. The molecule has 11 heteroatoms. The summed E-state index contributed by atoms with van der Waals surface area (Å²) in [5.41, 5.74) is 2.41. The number of benzene rings is 2. The minimum absolute atomic E-state index is 0.0832. The van der Waals surface area contributed by atoms with Gasteiger partial charge in [-0.3, -0.25) is 33.9 Å². The molecule has 2 N–H and O–H groups in total. The van der Waals surface area contributed by atoms with Gasteiger partial charge in [0.2, 0.25) is 11.8 Å². The van der Waals surface area contributed by atoms with Crippen LogP contribution in [0, 0.1) is 5.92 Å². The average molecular weight is 526 g/mol. The van der Waals surface area contributed by atoms with Crippen LogP contribution in [0.3, 0.4) is 0 Å². The molecule has 2 saturated heterocycles. The van der Waals surface area contributed by atoms with E-state index in [2.05, 4.69) is 10.2 Å². The molecule has 3 aliphatic rings. The number of nitrogens with one attached hydrogen (secondary N) is 1. The van der Waals surface area contributed by atoms with Crippen LogP contribution >= 0.6 is 0 Å². The van der Waals surface area contributed by atoms with Crippen LogP contribution in [0.4, 0.5) is 5.69 Å². The van der Waals surface area contributed by atoms with Crippen LogP contribution in [0.25, 0.3) is 0 Å². The fraction of sp³-hybridized carbons (Fsp3) is 0.385. The molecule has 3 aliphatic heterocycles. The number of piperidine rings is 2. The van der Waals surface area contributed by atoms with E-state index in [1.807, 2.05) is 6.07 Å². The largest absolute Gasteiger partial charge is 0.371 e. The smallest absolute Gasteiger partial charge is 0.294 e. The number of hydrogen-bond donors (Lipinski definition) is 2. The highest BCUT2D eigenvalue weighted by Gasteiger charge is 2.44. The van der Waals surface area contributed by atoms with Gasteiger partial charge in [-0.2, -0.15) is 8.42 Å². The minimum Gasteiger partial charge on any atom is -0.371 e. The molecule has 0 radical (unpaired) electrons. The van der Waals surface area contributed by atoms with Crippen molar-refractivity contribution in [3.63, 3.8) is 0 Å². The SMILES string of the molecule is O=C1CCC(N2C(=O)c3ccc(N4CCC(CCc5ccc(S(=O)(=O)O)cc5)CC4)cc3C2=O)C(=O)N1. The van der Waals surface area contributed by atoms with E-state index >= 15 is 0 Å². The summed E-state index contributed by atoms with van der Waals surface area (Å²) in [6, 6.07) is 10.5. The lowest BCUT2D eigenvalue weighted by Gasteiger charge is -2.34. The Labute approximate surface area is 214 Å². The average Bonchev–Trinajstić information content (AvgIpc) is 3.12. The van der Waals surface area contributed by atoms with Crippen molar-refractivity contribution >= 4 is 39.4 Å². The van der Waals surface area contributed by atoms with E-state index in [-0.39, 0.29) is 28.9 Å². The Morgan fingerprint density at radius 3 is 2.22 bits per heavy atom. The summed E-state index contributed by atoms with van der Waals surface area (Å²) in [6.45, 7) is 1.59. The third-order valence-electron chi connectivity index (χ3n) is 7.47. The van der Waals surface area contributed by atoms with Crippen molar-refractivity contribution in [3.8, 4) is 0 Å². The fourth-order valence-electron chi connectivity index (χ4n) is 5.33. The quantitative estimate of drug-likeness (QED) is 0.432. The molecule has 37 heavy (non-hydrogen) atoms. The summed E-state index contributed by atoms with van der Waals surface area (Å²) in [5, 5.41) is 2.20. The molecule has 194 valence electrons.